The zero-order chi connectivity index (χ0) is 15.1. The Labute approximate surface area is 132 Å². The largest absolute Gasteiger partial charge is 0.490 e. The molecule has 0 spiro atoms. The van der Waals surface area contributed by atoms with E-state index in [9.17, 15) is 4.79 Å². The van der Waals surface area contributed by atoms with Crippen LogP contribution in [-0.2, 0) is 24.1 Å². The number of carbonyl (C=O) groups is 1. The van der Waals surface area contributed by atoms with Crippen LogP contribution in [0.4, 0.5) is 0 Å². The molecule has 0 radical (unpaired) electrons. The van der Waals surface area contributed by atoms with E-state index >= 15 is 0 Å². The standard InChI is InChI=1S/C16H19BrO4/c1-8-6-11-10(4-3-5-13(18)19)15-12(7-9(2)20-15)14(17)16(11)21-8/h8-9H,3-7H2,1-2H3,(H,18,19). The normalized spacial score (nSPS) is 22.4. The van der Waals surface area contributed by atoms with E-state index in [0.717, 1.165) is 40.8 Å². The summed E-state index contributed by atoms with van der Waals surface area (Å²) in [5.41, 5.74) is 3.51. The molecule has 2 aliphatic rings. The second kappa shape index (κ2) is 5.52. The summed E-state index contributed by atoms with van der Waals surface area (Å²) in [5.74, 6) is 1.14. The van der Waals surface area contributed by atoms with Crippen LogP contribution >= 0.6 is 15.9 Å². The molecule has 21 heavy (non-hydrogen) atoms. The SMILES string of the molecule is CC1Cc2c(CCCC(=O)O)c3c(c(Br)c2O1)CC(C)O3. The number of aliphatic carboxylic acids is 1. The fourth-order valence-electron chi connectivity index (χ4n) is 3.23. The average Bonchev–Trinajstić information content (AvgIpc) is 2.96. The molecular weight excluding hydrogens is 336 g/mol. The highest BCUT2D eigenvalue weighted by Crippen LogP contribution is 2.49. The highest BCUT2D eigenvalue weighted by Gasteiger charge is 2.34. The van der Waals surface area contributed by atoms with Crippen molar-refractivity contribution in [3.8, 4) is 11.5 Å². The van der Waals surface area contributed by atoms with E-state index in [-0.39, 0.29) is 18.6 Å². The summed E-state index contributed by atoms with van der Waals surface area (Å²) in [6, 6.07) is 0. The second-order valence-corrected chi connectivity index (χ2v) is 6.71. The summed E-state index contributed by atoms with van der Waals surface area (Å²) in [6.45, 7) is 4.12. The molecule has 1 aromatic carbocycles. The summed E-state index contributed by atoms with van der Waals surface area (Å²) >= 11 is 3.66. The van der Waals surface area contributed by atoms with Crippen molar-refractivity contribution >= 4 is 21.9 Å². The minimum Gasteiger partial charge on any atom is -0.490 e. The van der Waals surface area contributed by atoms with Gasteiger partial charge in [0.2, 0.25) is 0 Å². The predicted molar refractivity (Wildman–Crippen MR) is 82.3 cm³/mol. The van der Waals surface area contributed by atoms with Crippen molar-refractivity contribution in [1.82, 2.24) is 0 Å². The molecule has 0 aromatic heterocycles. The lowest BCUT2D eigenvalue weighted by atomic mass is 9.94. The van der Waals surface area contributed by atoms with Gasteiger partial charge in [-0.15, -0.1) is 0 Å². The minimum atomic E-state index is -0.751. The molecule has 0 aliphatic carbocycles. The zero-order valence-corrected chi connectivity index (χ0v) is 13.8. The van der Waals surface area contributed by atoms with Crippen LogP contribution in [0.15, 0.2) is 4.47 Å². The molecule has 2 unspecified atom stereocenters. The van der Waals surface area contributed by atoms with Crippen LogP contribution in [0.5, 0.6) is 11.5 Å². The van der Waals surface area contributed by atoms with E-state index in [1.165, 1.54) is 11.1 Å². The summed E-state index contributed by atoms with van der Waals surface area (Å²) in [6.07, 6.45) is 3.60. The summed E-state index contributed by atoms with van der Waals surface area (Å²) in [5, 5.41) is 8.84. The fraction of sp³-hybridized carbons (Fsp3) is 0.562. The molecule has 2 atom stereocenters. The lowest BCUT2D eigenvalue weighted by Crippen LogP contribution is -2.08. The molecule has 0 bridgehead atoms. The first kappa shape index (κ1) is 14.7. The smallest absolute Gasteiger partial charge is 0.303 e. The molecule has 4 nitrogen and oxygen atoms in total. The van der Waals surface area contributed by atoms with Crippen molar-refractivity contribution in [2.45, 2.75) is 58.2 Å². The Morgan fingerprint density at radius 1 is 1.19 bits per heavy atom. The lowest BCUT2D eigenvalue weighted by Gasteiger charge is -2.15. The van der Waals surface area contributed by atoms with Gasteiger partial charge in [0.15, 0.2) is 0 Å². The molecular formula is C16H19BrO4. The lowest BCUT2D eigenvalue weighted by molar-refractivity contribution is -0.137. The third-order valence-corrected chi connectivity index (χ3v) is 4.93. The first-order valence-electron chi connectivity index (χ1n) is 7.38. The predicted octanol–water partition coefficient (Wildman–Crippen LogP) is 3.50. The van der Waals surface area contributed by atoms with Gasteiger partial charge < -0.3 is 14.6 Å². The Kier molecular flexibility index (Phi) is 3.86. The van der Waals surface area contributed by atoms with Gasteiger partial charge in [-0.1, -0.05) is 0 Å². The number of ether oxygens (including phenoxy) is 2. The average molecular weight is 355 g/mol. The summed E-state index contributed by atoms with van der Waals surface area (Å²) in [7, 11) is 0. The van der Waals surface area contributed by atoms with E-state index in [0.29, 0.717) is 6.42 Å². The number of hydrogen-bond acceptors (Lipinski definition) is 3. The number of fused-ring (bicyclic) bond motifs is 2. The molecule has 0 amide bonds. The number of halogens is 1. The van der Waals surface area contributed by atoms with E-state index in [1.807, 2.05) is 0 Å². The molecule has 2 aliphatic heterocycles. The molecule has 0 saturated heterocycles. The van der Waals surface area contributed by atoms with Gasteiger partial charge in [-0.05, 0) is 42.6 Å². The van der Waals surface area contributed by atoms with Gasteiger partial charge in [-0.2, -0.15) is 0 Å². The molecule has 1 N–H and O–H groups in total. The Morgan fingerprint density at radius 3 is 2.48 bits per heavy atom. The summed E-state index contributed by atoms with van der Waals surface area (Å²) in [4.78, 5) is 10.8. The van der Waals surface area contributed by atoms with E-state index < -0.39 is 5.97 Å². The second-order valence-electron chi connectivity index (χ2n) is 5.92. The molecule has 114 valence electrons. The number of benzene rings is 1. The van der Waals surface area contributed by atoms with Crippen molar-refractivity contribution in [2.24, 2.45) is 0 Å². The maximum absolute atomic E-state index is 10.8. The molecule has 5 heteroatoms. The molecule has 0 fully saturated rings. The van der Waals surface area contributed by atoms with Gasteiger partial charge in [0, 0.05) is 36.0 Å². The third kappa shape index (κ3) is 2.63. The maximum atomic E-state index is 10.8. The molecule has 3 rings (SSSR count). The van der Waals surface area contributed by atoms with Gasteiger partial charge in [0.05, 0.1) is 4.47 Å². The number of hydrogen-bond donors (Lipinski definition) is 1. The van der Waals surface area contributed by atoms with Crippen molar-refractivity contribution < 1.29 is 19.4 Å². The highest BCUT2D eigenvalue weighted by atomic mass is 79.9. The van der Waals surface area contributed by atoms with Crippen molar-refractivity contribution in [3.63, 3.8) is 0 Å². The quantitative estimate of drug-likeness (QED) is 0.898. The van der Waals surface area contributed by atoms with Gasteiger partial charge >= 0.3 is 5.97 Å². The van der Waals surface area contributed by atoms with Crippen LogP contribution in [0.3, 0.4) is 0 Å². The number of rotatable bonds is 4. The van der Waals surface area contributed by atoms with E-state index in [4.69, 9.17) is 14.6 Å². The monoisotopic (exact) mass is 354 g/mol. The first-order valence-corrected chi connectivity index (χ1v) is 8.17. The van der Waals surface area contributed by atoms with Crippen LogP contribution in [0.25, 0.3) is 0 Å². The Balaban J connectivity index is 2.00. The van der Waals surface area contributed by atoms with Crippen molar-refractivity contribution in [2.75, 3.05) is 0 Å². The van der Waals surface area contributed by atoms with Crippen molar-refractivity contribution in [1.29, 1.82) is 0 Å². The van der Waals surface area contributed by atoms with Crippen LogP contribution < -0.4 is 9.47 Å². The fourth-order valence-corrected chi connectivity index (χ4v) is 3.90. The van der Waals surface area contributed by atoms with Crippen molar-refractivity contribution in [3.05, 3.63) is 21.2 Å². The van der Waals surface area contributed by atoms with Crippen LogP contribution in [-0.4, -0.2) is 23.3 Å². The summed E-state index contributed by atoms with van der Waals surface area (Å²) < 4.78 is 13.0. The van der Waals surface area contributed by atoms with E-state index in [1.54, 1.807) is 0 Å². The molecule has 1 aromatic rings. The van der Waals surface area contributed by atoms with Gasteiger partial charge in [0.1, 0.15) is 23.7 Å². The van der Waals surface area contributed by atoms with Gasteiger partial charge in [-0.25, -0.2) is 0 Å². The van der Waals surface area contributed by atoms with Crippen LogP contribution in [0, 0.1) is 0 Å². The minimum absolute atomic E-state index is 0.162. The topological polar surface area (TPSA) is 55.8 Å². The Morgan fingerprint density at radius 2 is 1.81 bits per heavy atom. The Bertz CT molecular complexity index is 557. The van der Waals surface area contributed by atoms with Gasteiger partial charge in [-0.3, -0.25) is 4.79 Å². The maximum Gasteiger partial charge on any atom is 0.303 e. The third-order valence-electron chi connectivity index (χ3n) is 4.09. The zero-order valence-electron chi connectivity index (χ0n) is 12.2. The highest BCUT2D eigenvalue weighted by molar-refractivity contribution is 9.10. The number of carboxylic acid groups (broad SMARTS) is 1. The first-order chi connectivity index (χ1) is 9.97. The van der Waals surface area contributed by atoms with Crippen LogP contribution in [0.2, 0.25) is 0 Å². The molecule has 2 heterocycles. The van der Waals surface area contributed by atoms with Gasteiger partial charge in [0.25, 0.3) is 0 Å². The Hall–Kier alpha value is -1.23. The molecule has 0 saturated carbocycles. The van der Waals surface area contributed by atoms with E-state index in [2.05, 4.69) is 29.8 Å². The van der Waals surface area contributed by atoms with Crippen LogP contribution in [0.1, 0.15) is 43.4 Å². The number of carboxylic acids is 1.